The van der Waals surface area contributed by atoms with Gasteiger partial charge in [-0.2, -0.15) is 0 Å². The van der Waals surface area contributed by atoms with Gasteiger partial charge in [0.05, 0.1) is 23.1 Å². The third-order valence-corrected chi connectivity index (χ3v) is 7.38. The Morgan fingerprint density at radius 3 is 2.28 bits per heavy atom. The zero-order chi connectivity index (χ0) is 23.9. The number of carbonyl (C=O) groups is 5. The van der Waals surface area contributed by atoms with E-state index >= 15 is 0 Å². The number of fused-ring (bicyclic) bond motifs is 3. The lowest BCUT2D eigenvalue weighted by Crippen LogP contribution is -2.75. The number of benzene rings is 1. The highest BCUT2D eigenvalue weighted by atomic mass is 16.3. The van der Waals surface area contributed by atoms with E-state index < -0.39 is 75.7 Å². The van der Waals surface area contributed by atoms with Gasteiger partial charge in [-0.1, -0.05) is 12.1 Å². The van der Waals surface area contributed by atoms with E-state index in [1.807, 2.05) is 0 Å². The molecule has 32 heavy (non-hydrogen) atoms. The molecule has 3 aliphatic rings. The molecule has 4 rings (SSSR count). The van der Waals surface area contributed by atoms with Crippen LogP contribution in [-0.4, -0.2) is 75.0 Å². The predicted molar refractivity (Wildman–Crippen MR) is 107 cm³/mol. The molecule has 5 N–H and O–H groups in total. The lowest BCUT2D eigenvalue weighted by molar-refractivity contribution is -0.188. The van der Waals surface area contributed by atoms with Crippen LogP contribution in [0.3, 0.4) is 0 Å². The van der Waals surface area contributed by atoms with Crippen molar-refractivity contribution in [2.24, 2.45) is 29.4 Å². The van der Waals surface area contributed by atoms with Crippen LogP contribution in [0.2, 0.25) is 0 Å². The number of hydrogen-bond acceptors (Lipinski definition) is 9. The van der Waals surface area contributed by atoms with Gasteiger partial charge in [-0.25, -0.2) is 0 Å². The molecule has 2 fully saturated rings. The lowest BCUT2D eigenvalue weighted by Gasteiger charge is -2.55. The third-order valence-electron chi connectivity index (χ3n) is 7.38. The second-order valence-corrected chi connectivity index (χ2v) is 9.28. The standard InChI is InChI=1S/C22H24N2O8/c1-21(31)8-5-4-6-11(25)12(8)16(26)13-9(21)7-10-15(24(2)3)17(27)14(20(23)30)19(29)22(10,32)18(13)28/h4-6,9-10,13-15,25,31-32H,7H2,1-3H3,(H2,23,30)/t9-,10+,13?,14?,15+,21-,22-/m1/s1. The monoisotopic (exact) mass is 444 g/mol. The number of hydrogen-bond donors (Lipinski definition) is 4. The molecule has 170 valence electrons. The van der Waals surface area contributed by atoms with Gasteiger partial charge in [0.2, 0.25) is 5.91 Å². The molecule has 0 radical (unpaired) electrons. The van der Waals surface area contributed by atoms with E-state index in [2.05, 4.69) is 0 Å². The van der Waals surface area contributed by atoms with E-state index in [1.165, 1.54) is 44.1 Å². The number of rotatable bonds is 2. The molecule has 1 amide bonds. The minimum atomic E-state index is -2.82. The number of ketones is 4. The number of nitrogens with zero attached hydrogens (tertiary/aromatic N) is 1. The number of phenolic OH excluding ortho intramolecular Hbond substituents is 1. The van der Waals surface area contributed by atoms with E-state index in [-0.39, 0.29) is 17.5 Å². The first-order valence-corrected chi connectivity index (χ1v) is 10.2. The van der Waals surface area contributed by atoms with E-state index in [0.717, 1.165) is 0 Å². The molecular weight excluding hydrogens is 420 g/mol. The van der Waals surface area contributed by atoms with Gasteiger partial charge < -0.3 is 21.1 Å². The summed E-state index contributed by atoms with van der Waals surface area (Å²) >= 11 is 0. The van der Waals surface area contributed by atoms with Crippen LogP contribution in [0.4, 0.5) is 0 Å². The largest absolute Gasteiger partial charge is 0.507 e. The molecule has 0 saturated heterocycles. The number of likely N-dealkylation sites (N-methyl/N-ethyl adjacent to an activating group) is 1. The minimum absolute atomic E-state index is 0.117. The molecule has 2 saturated carbocycles. The van der Waals surface area contributed by atoms with E-state index in [4.69, 9.17) is 5.73 Å². The fraction of sp³-hybridized carbons (Fsp3) is 0.500. The molecule has 1 aromatic carbocycles. The molecule has 0 aliphatic heterocycles. The fourth-order valence-corrected chi connectivity index (χ4v) is 5.88. The van der Waals surface area contributed by atoms with Crippen LogP contribution in [0.15, 0.2) is 18.2 Å². The number of Topliss-reactive ketones (excluding diaryl/α,β-unsaturated/α-hetero) is 4. The third kappa shape index (κ3) is 2.54. The van der Waals surface area contributed by atoms with Crippen molar-refractivity contribution >= 4 is 29.0 Å². The molecule has 10 heteroatoms. The number of nitrogens with two attached hydrogens (primary N) is 1. The molecule has 10 nitrogen and oxygen atoms in total. The molecule has 1 aromatic rings. The normalized spacial score (nSPS) is 38.9. The first-order chi connectivity index (χ1) is 14.8. The number of carbonyl (C=O) groups excluding carboxylic acids is 5. The van der Waals surface area contributed by atoms with Crippen LogP contribution >= 0.6 is 0 Å². The Morgan fingerprint density at radius 1 is 1.09 bits per heavy atom. The van der Waals surface area contributed by atoms with Crippen molar-refractivity contribution in [3.05, 3.63) is 29.3 Å². The molecule has 0 bridgehead atoms. The van der Waals surface area contributed by atoms with Crippen molar-refractivity contribution < 1.29 is 39.3 Å². The van der Waals surface area contributed by atoms with Crippen LogP contribution < -0.4 is 5.73 Å². The molecule has 0 aromatic heterocycles. The van der Waals surface area contributed by atoms with Crippen LogP contribution in [0.25, 0.3) is 0 Å². The zero-order valence-corrected chi connectivity index (χ0v) is 17.7. The molecule has 0 spiro atoms. The summed E-state index contributed by atoms with van der Waals surface area (Å²) in [5.41, 5.74) is 0.511. The van der Waals surface area contributed by atoms with Gasteiger partial charge >= 0.3 is 0 Å². The fourth-order valence-electron chi connectivity index (χ4n) is 5.88. The maximum absolute atomic E-state index is 13.6. The quantitative estimate of drug-likeness (QED) is 0.397. The number of aromatic hydroxyl groups is 1. The first-order valence-electron chi connectivity index (χ1n) is 10.2. The van der Waals surface area contributed by atoms with Crippen molar-refractivity contribution in [3.8, 4) is 5.75 Å². The summed E-state index contributed by atoms with van der Waals surface area (Å²) in [6.07, 6.45) is -0.230. The highest BCUT2D eigenvalue weighted by molar-refractivity contribution is 6.32. The molecule has 0 heterocycles. The van der Waals surface area contributed by atoms with Gasteiger partial charge in [0.1, 0.15) is 5.75 Å². The maximum atomic E-state index is 13.6. The average molecular weight is 444 g/mol. The molecular formula is C22H24N2O8. The number of aliphatic hydroxyl groups is 2. The summed E-state index contributed by atoms with van der Waals surface area (Å²) in [5, 5.41) is 33.1. The van der Waals surface area contributed by atoms with Gasteiger partial charge in [0, 0.05) is 11.8 Å². The first kappa shape index (κ1) is 22.3. The van der Waals surface area contributed by atoms with Crippen molar-refractivity contribution in [2.75, 3.05) is 14.1 Å². The average Bonchev–Trinajstić information content (AvgIpc) is 2.68. The summed E-state index contributed by atoms with van der Waals surface area (Å²) in [6.45, 7) is 1.39. The minimum Gasteiger partial charge on any atom is -0.507 e. The summed E-state index contributed by atoms with van der Waals surface area (Å²) in [7, 11) is 2.98. The smallest absolute Gasteiger partial charge is 0.235 e. The van der Waals surface area contributed by atoms with Crippen molar-refractivity contribution in [3.63, 3.8) is 0 Å². The van der Waals surface area contributed by atoms with Crippen LogP contribution in [0, 0.1) is 23.7 Å². The zero-order valence-electron chi connectivity index (χ0n) is 17.7. The number of phenols is 1. The second kappa shape index (κ2) is 6.77. The molecule has 3 aliphatic carbocycles. The Kier molecular flexibility index (Phi) is 4.71. The number of primary amides is 1. The van der Waals surface area contributed by atoms with Gasteiger partial charge in [0.25, 0.3) is 0 Å². The van der Waals surface area contributed by atoms with Crippen LogP contribution in [-0.2, 0) is 24.8 Å². The van der Waals surface area contributed by atoms with Crippen LogP contribution in [0.5, 0.6) is 5.75 Å². The summed E-state index contributed by atoms with van der Waals surface area (Å²) in [5.74, 6) is -12.0. The van der Waals surface area contributed by atoms with E-state index in [9.17, 15) is 39.3 Å². The highest BCUT2D eigenvalue weighted by Gasteiger charge is 2.71. The summed E-state index contributed by atoms with van der Waals surface area (Å²) < 4.78 is 0. The van der Waals surface area contributed by atoms with E-state index in [1.54, 1.807) is 0 Å². The maximum Gasteiger partial charge on any atom is 0.235 e. The number of amides is 1. The van der Waals surface area contributed by atoms with Crippen molar-refractivity contribution in [1.82, 2.24) is 4.90 Å². The SMILES string of the molecule is CN(C)[C@@H]1C(=O)C(C(N)=O)C(=O)[C@]2(O)C(=O)C3C(=O)c4c(O)cccc4[C@@](C)(O)[C@@H]3C[C@@H]12. The van der Waals surface area contributed by atoms with Crippen molar-refractivity contribution in [2.45, 2.75) is 30.6 Å². The van der Waals surface area contributed by atoms with Crippen molar-refractivity contribution in [1.29, 1.82) is 0 Å². The Labute approximate surface area is 183 Å². The van der Waals surface area contributed by atoms with Gasteiger partial charge in [0.15, 0.2) is 34.7 Å². The summed E-state index contributed by atoms with van der Waals surface area (Å²) in [4.78, 5) is 66.4. The van der Waals surface area contributed by atoms with E-state index in [0.29, 0.717) is 0 Å². The Bertz CT molecular complexity index is 1090. The Morgan fingerprint density at radius 2 is 1.72 bits per heavy atom. The topological polar surface area (TPSA) is 175 Å². The Hall–Kier alpha value is -2.95. The predicted octanol–water partition coefficient (Wildman–Crippen LogP) is -1.47. The highest BCUT2D eigenvalue weighted by Crippen LogP contribution is 2.55. The van der Waals surface area contributed by atoms with Gasteiger partial charge in [-0.15, -0.1) is 0 Å². The Balaban J connectivity index is 1.95. The molecule has 2 unspecified atom stereocenters. The second-order valence-electron chi connectivity index (χ2n) is 9.28. The van der Waals surface area contributed by atoms with Gasteiger partial charge in [-0.05, 0) is 39.1 Å². The summed E-state index contributed by atoms with van der Waals surface area (Å²) in [6, 6.07) is 2.91. The van der Waals surface area contributed by atoms with Gasteiger partial charge in [-0.3, -0.25) is 28.9 Å². The lowest BCUT2D eigenvalue weighted by atomic mass is 9.49. The molecule has 7 atom stereocenters. The van der Waals surface area contributed by atoms with Crippen LogP contribution in [0.1, 0.15) is 29.3 Å².